The lowest BCUT2D eigenvalue weighted by Crippen LogP contribution is -2.18. The number of amides is 2. The summed E-state index contributed by atoms with van der Waals surface area (Å²) in [4.78, 5) is 20.2. The highest BCUT2D eigenvalue weighted by atomic mass is 31.0. The summed E-state index contributed by atoms with van der Waals surface area (Å²) >= 11 is 0. The van der Waals surface area contributed by atoms with Crippen LogP contribution in [0.3, 0.4) is 0 Å². The predicted molar refractivity (Wildman–Crippen MR) is 51.9 cm³/mol. The summed E-state index contributed by atoms with van der Waals surface area (Å²) in [6.45, 7) is 2.20. The van der Waals surface area contributed by atoms with Gasteiger partial charge >= 0.3 is 0 Å². The van der Waals surface area contributed by atoms with Gasteiger partial charge in [-0.2, -0.15) is 0 Å². The van der Waals surface area contributed by atoms with Gasteiger partial charge in [0.15, 0.2) is 0 Å². The molecule has 0 aromatic heterocycles. The predicted octanol–water partition coefficient (Wildman–Crippen LogP) is 1.08. The van der Waals surface area contributed by atoms with E-state index < -0.39 is 0 Å². The Labute approximate surface area is 75.5 Å². The molecule has 1 aliphatic rings. The van der Waals surface area contributed by atoms with Crippen molar-refractivity contribution in [3.05, 3.63) is 0 Å². The maximum atomic E-state index is 10.1. The summed E-state index contributed by atoms with van der Waals surface area (Å²) in [6.07, 6.45) is 4.68. The molecule has 1 heterocycles. The third-order valence-corrected chi connectivity index (χ3v) is 1.82. The number of hydrogen-bond acceptors (Lipinski definition) is 2. The first kappa shape index (κ1) is 11.6. The van der Waals surface area contributed by atoms with Crippen LogP contribution in [0.1, 0.15) is 32.6 Å². The first-order chi connectivity index (χ1) is 5.70. The first-order valence-electron chi connectivity index (χ1n) is 4.23. The molecule has 0 saturated carbocycles. The minimum atomic E-state index is -0.148. The van der Waals surface area contributed by atoms with Gasteiger partial charge in [0, 0.05) is 12.8 Å². The maximum Gasteiger partial charge on any atom is 0.227 e. The Hall–Kier alpha value is -0.430. The Balaban J connectivity index is 0.000000217. The van der Waals surface area contributed by atoms with Crippen molar-refractivity contribution >= 4 is 21.1 Å². The molecule has 2 amide bonds. The number of carbonyl (C=O) groups is 2. The zero-order chi connectivity index (χ0) is 9.40. The van der Waals surface area contributed by atoms with Gasteiger partial charge in [0.05, 0.1) is 0 Å². The fourth-order valence-corrected chi connectivity index (χ4v) is 1.12. The average molecular weight is 189 g/mol. The first-order valence-corrected chi connectivity index (χ1v) is 5.05. The molecule has 0 aromatic rings. The molecule has 1 saturated heterocycles. The molecule has 0 radical (unpaired) electrons. The van der Waals surface area contributed by atoms with E-state index in [1.54, 1.807) is 0 Å². The number of nitrogens with one attached hydrogen (secondary N) is 1. The van der Waals surface area contributed by atoms with Crippen molar-refractivity contribution in [2.75, 3.05) is 6.16 Å². The Morgan fingerprint density at radius 1 is 1.33 bits per heavy atom. The quantitative estimate of drug-likeness (QED) is 0.522. The van der Waals surface area contributed by atoms with Gasteiger partial charge in [-0.3, -0.25) is 14.9 Å². The second-order valence-electron chi connectivity index (χ2n) is 2.61. The number of carbonyl (C=O) groups excluding carboxylic acids is 2. The highest BCUT2D eigenvalue weighted by Gasteiger charge is 2.15. The molecule has 3 nitrogen and oxygen atoms in total. The van der Waals surface area contributed by atoms with Gasteiger partial charge < -0.3 is 0 Å². The second kappa shape index (κ2) is 7.23. The van der Waals surface area contributed by atoms with E-state index in [0.29, 0.717) is 12.8 Å². The van der Waals surface area contributed by atoms with Crippen LogP contribution in [0.4, 0.5) is 0 Å². The highest BCUT2D eigenvalue weighted by molar-refractivity contribution is 7.16. The molecule has 0 aliphatic carbocycles. The van der Waals surface area contributed by atoms with Crippen LogP contribution in [0, 0.1) is 0 Å². The summed E-state index contributed by atoms with van der Waals surface area (Å²) in [7, 11) is 2.70. The molecule has 1 rings (SSSR count). The standard InChI is InChI=1S/C4H5NO2.C4H11P/c6-3-1-2-4(7)5-3;1-2-3-4-5/h1-2H2,(H,5,6,7);2-5H2,1H3. The molecule has 1 unspecified atom stereocenters. The van der Waals surface area contributed by atoms with E-state index in [-0.39, 0.29) is 11.8 Å². The van der Waals surface area contributed by atoms with E-state index in [9.17, 15) is 9.59 Å². The summed E-state index contributed by atoms with van der Waals surface area (Å²) in [5, 5.41) is 2.14. The third kappa shape index (κ3) is 6.29. The summed E-state index contributed by atoms with van der Waals surface area (Å²) in [5.41, 5.74) is 0. The van der Waals surface area contributed by atoms with Gasteiger partial charge in [0.25, 0.3) is 0 Å². The summed E-state index contributed by atoms with van der Waals surface area (Å²) < 4.78 is 0. The van der Waals surface area contributed by atoms with E-state index in [4.69, 9.17) is 0 Å². The molecule has 12 heavy (non-hydrogen) atoms. The number of hydrogen-bond donors (Lipinski definition) is 1. The lowest BCUT2D eigenvalue weighted by Gasteiger charge is -1.79. The molecule has 0 spiro atoms. The van der Waals surface area contributed by atoms with Crippen molar-refractivity contribution in [1.29, 1.82) is 0 Å². The largest absolute Gasteiger partial charge is 0.296 e. The molecule has 0 aromatic carbocycles. The van der Waals surface area contributed by atoms with Gasteiger partial charge in [0.2, 0.25) is 11.8 Å². The SMILES string of the molecule is CCCCP.O=C1CCC(=O)N1. The number of rotatable bonds is 2. The van der Waals surface area contributed by atoms with Crippen molar-refractivity contribution in [3.8, 4) is 0 Å². The average Bonchev–Trinajstić information content (AvgIpc) is 2.38. The van der Waals surface area contributed by atoms with Gasteiger partial charge in [-0.1, -0.05) is 19.8 Å². The molecular formula is C8H16NO2P. The topological polar surface area (TPSA) is 46.2 Å². The number of imide groups is 1. The van der Waals surface area contributed by atoms with Crippen LogP contribution >= 0.6 is 9.24 Å². The molecule has 1 fully saturated rings. The second-order valence-corrected chi connectivity index (χ2v) is 3.19. The Morgan fingerprint density at radius 3 is 1.92 bits per heavy atom. The smallest absolute Gasteiger partial charge is 0.227 e. The normalized spacial score (nSPS) is 15.2. The zero-order valence-corrected chi connectivity index (χ0v) is 8.58. The lowest BCUT2D eigenvalue weighted by atomic mass is 10.4. The Bertz CT molecular complexity index is 143. The summed E-state index contributed by atoms with van der Waals surface area (Å²) in [6, 6.07) is 0. The zero-order valence-electron chi connectivity index (χ0n) is 7.43. The van der Waals surface area contributed by atoms with Gasteiger partial charge in [-0.25, -0.2) is 0 Å². The van der Waals surface area contributed by atoms with Crippen LogP contribution in [0.15, 0.2) is 0 Å². The van der Waals surface area contributed by atoms with Crippen molar-refractivity contribution in [3.63, 3.8) is 0 Å². The van der Waals surface area contributed by atoms with Crippen molar-refractivity contribution in [2.45, 2.75) is 32.6 Å². The molecule has 1 atom stereocenters. The molecule has 1 N–H and O–H groups in total. The summed E-state index contributed by atoms with van der Waals surface area (Å²) in [5.74, 6) is -0.296. The van der Waals surface area contributed by atoms with Crippen LogP contribution in [0.5, 0.6) is 0 Å². The van der Waals surface area contributed by atoms with E-state index in [2.05, 4.69) is 21.5 Å². The fraction of sp³-hybridized carbons (Fsp3) is 0.750. The van der Waals surface area contributed by atoms with E-state index in [0.717, 1.165) is 0 Å². The van der Waals surface area contributed by atoms with Gasteiger partial charge in [-0.15, -0.1) is 9.24 Å². The molecular weight excluding hydrogens is 173 g/mol. The van der Waals surface area contributed by atoms with Crippen LogP contribution in [-0.2, 0) is 9.59 Å². The molecule has 70 valence electrons. The van der Waals surface area contributed by atoms with Crippen LogP contribution in [0.25, 0.3) is 0 Å². The minimum absolute atomic E-state index is 0.148. The molecule has 0 bridgehead atoms. The van der Waals surface area contributed by atoms with Crippen molar-refractivity contribution < 1.29 is 9.59 Å². The fourth-order valence-electron chi connectivity index (χ4n) is 0.712. The maximum absolute atomic E-state index is 10.1. The Morgan fingerprint density at radius 2 is 1.83 bits per heavy atom. The lowest BCUT2D eigenvalue weighted by molar-refractivity contribution is -0.124. The van der Waals surface area contributed by atoms with Gasteiger partial charge in [-0.05, 0) is 6.16 Å². The van der Waals surface area contributed by atoms with Crippen LogP contribution in [0.2, 0.25) is 0 Å². The molecule has 1 aliphatic heterocycles. The highest BCUT2D eigenvalue weighted by Crippen LogP contribution is 1.95. The van der Waals surface area contributed by atoms with E-state index in [1.165, 1.54) is 19.0 Å². The van der Waals surface area contributed by atoms with E-state index in [1.807, 2.05) is 0 Å². The van der Waals surface area contributed by atoms with Crippen LogP contribution < -0.4 is 5.32 Å². The molecule has 4 heteroatoms. The Kier molecular flexibility index (Phi) is 6.97. The van der Waals surface area contributed by atoms with Crippen molar-refractivity contribution in [1.82, 2.24) is 5.32 Å². The van der Waals surface area contributed by atoms with E-state index >= 15 is 0 Å². The third-order valence-electron chi connectivity index (χ3n) is 1.42. The van der Waals surface area contributed by atoms with Crippen molar-refractivity contribution in [2.24, 2.45) is 0 Å². The van der Waals surface area contributed by atoms with Gasteiger partial charge in [0.1, 0.15) is 0 Å². The monoisotopic (exact) mass is 189 g/mol. The number of unbranched alkanes of at least 4 members (excludes halogenated alkanes) is 1. The minimum Gasteiger partial charge on any atom is -0.296 e. The van der Waals surface area contributed by atoms with Crippen LogP contribution in [-0.4, -0.2) is 18.0 Å².